The minimum absolute atomic E-state index is 0.167. The zero-order valence-corrected chi connectivity index (χ0v) is 15.8. The van der Waals surface area contributed by atoms with Crippen molar-refractivity contribution >= 4 is 21.4 Å². The van der Waals surface area contributed by atoms with Gasteiger partial charge in [-0.25, -0.2) is 13.1 Å². The van der Waals surface area contributed by atoms with Gasteiger partial charge in [-0.15, -0.1) is 11.3 Å². The largest absolute Gasteiger partial charge is 0.263 e. The van der Waals surface area contributed by atoms with Crippen molar-refractivity contribution in [1.82, 2.24) is 14.5 Å². The molecule has 1 atom stereocenters. The Bertz CT molecular complexity index is 850. The molecule has 0 saturated carbocycles. The third-order valence-electron chi connectivity index (χ3n) is 4.04. The van der Waals surface area contributed by atoms with E-state index in [2.05, 4.69) is 23.7 Å². The van der Waals surface area contributed by atoms with Gasteiger partial charge in [-0.2, -0.15) is 5.10 Å². The molecular weight excluding hydrogens is 354 g/mol. The quantitative estimate of drug-likeness (QED) is 0.686. The highest BCUT2D eigenvalue weighted by Crippen LogP contribution is 2.23. The van der Waals surface area contributed by atoms with Gasteiger partial charge < -0.3 is 0 Å². The summed E-state index contributed by atoms with van der Waals surface area (Å²) in [7, 11) is -3.57. The van der Waals surface area contributed by atoms with Crippen LogP contribution in [-0.4, -0.2) is 24.7 Å². The number of thiophene rings is 1. The molecule has 3 rings (SSSR count). The van der Waals surface area contributed by atoms with Crippen molar-refractivity contribution in [1.29, 1.82) is 0 Å². The smallest absolute Gasteiger partial charge is 0.240 e. The second-order valence-electron chi connectivity index (χ2n) is 6.09. The minimum Gasteiger partial charge on any atom is -0.263 e. The fourth-order valence-electron chi connectivity index (χ4n) is 2.57. The minimum atomic E-state index is -3.57. The summed E-state index contributed by atoms with van der Waals surface area (Å²) >= 11 is 1.59. The SMILES string of the molecule is CC(C)c1ccc(S(=O)(=O)NCC(c2cccs2)n2cccn2)cc1. The summed E-state index contributed by atoms with van der Waals surface area (Å²) in [5.74, 6) is 0.368. The molecule has 0 fully saturated rings. The van der Waals surface area contributed by atoms with Crippen LogP contribution in [0.2, 0.25) is 0 Å². The summed E-state index contributed by atoms with van der Waals surface area (Å²) in [5.41, 5.74) is 1.12. The van der Waals surface area contributed by atoms with Crippen LogP contribution in [0, 0.1) is 0 Å². The second-order valence-corrected chi connectivity index (χ2v) is 8.84. The maximum absolute atomic E-state index is 12.6. The highest BCUT2D eigenvalue weighted by atomic mass is 32.2. The van der Waals surface area contributed by atoms with Gasteiger partial charge in [0.15, 0.2) is 0 Å². The van der Waals surface area contributed by atoms with Gasteiger partial charge in [0.1, 0.15) is 0 Å². The molecule has 25 heavy (non-hydrogen) atoms. The number of hydrogen-bond acceptors (Lipinski definition) is 4. The van der Waals surface area contributed by atoms with Gasteiger partial charge in [0.2, 0.25) is 10.0 Å². The van der Waals surface area contributed by atoms with Gasteiger partial charge in [-0.1, -0.05) is 32.0 Å². The molecule has 0 spiro atoms. The predicted octanol–water partition coefficient (Wildman–Crippen LogP) is 3.64. The van der Waals surface area contributed by atoms with Gasteiger partial charge in [0, 0.05) is 23.8 Å². The van der Waals surface area contributed by atoms with Crippen molar-refractivity contribution < 1.29 is 8.42 Å². The number of rotatable bonds is 7. The van der Waals surface area contributed by atoms with Gasteiger partial charge in [0.05, 0.1) is 10.9 Å². The molecule has 7 heteroatoms. The Morgan fingerprint density at radius 3 is 2.48 bits per heavy atom. The van der Waals surface area contributed by atoms with Crippen molar-refractivity contribution in [3.63, 3.8) is 0 Å². The average molecular weight is 376 g/mol. The molecule has 0 aliphatic heterocycles. The Balaban J connectivity index is 1.78. The van der Waals surface area contributed by atoms with E-state index in [1.54, 1.807) is 34.3 Å². The molecule has 3 aromatic rings. The first-order chi connectivity index (χ1) is 12.0. The fourth-order valence-corrected chi connectivity index (χ4v) is 4.43. The van der Waals surface area contributed by atoms with E-state index in [9.17, 15) is 8.42 Å². The molecule has 0 aliphatic carbocycles. The number of sulfonamides is 1. The van der Waals surface area contributed by atoms with E-state index >= 15 is 0 Å². The highest BCUT2D eigenvalue weighted by Gasteiger charge is 2.20. The van der Waals surface area contributed by atoms with Crippen molar-refractivity contribution in [2.45, 2.75) is 30.7 Å². The topological polar surface area (TPSA) is 64.0 Å². The van der Waals surface area contributed by atoms with Crippen LogP contribution < -0.4 is 4.72 Å². The molecule has 132 valence electrons. The van der Waals surface area contributed by atoms with Crippen molar-refractivity contribution in [2.75, 3.05) is 6.54 Å². The third-order valence-corrected chi connectivity index (χ3v) is 6.45. The Hall–Kier alpha value is -1.96. The zero-order chi connectivity index (χ0) is 17.9. The maximum atomic E-state index is 12.6. The second kappa shape index (κ2) is 7.51. The number of hydrogen-bond donors (Lipinski definition) is 1. The molecule has 1 N–H and O–H groups in total. The fraction of sp³-hybridized carbons (Fsp3) is 0.278. The molecule has 2 aromatic heterocycles. The van der Waals surface area contributed by atoms with Crippen LogP contribution in [0.15, 0.2) is 65.1 Å². The molecule has 0 saturated heterocycles. The Morgan fingerprint density at radius 2 is 1.92 bits per heavy atom. The summed E-state index contributed by atoms with van der Waals surface area (Å²) < 4.78 is 29.7. The van der Waals surface area contributed by atoms with E-state index in [0.717, 1.165) is 10.4 Å². The predicted molar refractivity (Wildman–Crippen MR) is 100 cm³/mol. The van der Waals surface area contributed by atoms with Gasteiger partial charge in [-0.3, -0.25) is 4.68 Å². The van der Waals surface area contributed by atoms with Crippen LogP contribution in [0.25, 0.3) is 0 Å². The van der Waals surface area contributed by atoms with Crippen molar-refractivity contribution in [3.8, 4) is 0 Å². The monoisotopic (exact) mass is 375 g/mol. The van der Waals surface area contributed by atoms with Gasteiger partial charge >= 0.3 is 0 Å². The van der Waals surface area contributed by atoms with Crippen LogP contribution in [0.1, 0.15) is 36.2 Å². The summed E-state index contributed by atoms with van der Waals surface area (Å²) in [6.07, 6.45) is 3.54. The average Bonchev–Trinajstić information content (AvgIpc) is 3.29. The highest BCUT2D eigenvalue weighted by molar-refractivity contribution is 7.89. The molecule has 0 amide bonds. The van der Waals surface area contributed by atoms with Crippen LogP contribution in [0.5, 0.6) is 0 Å². The molecule has 0 radical (unpaired) electrons. The summed E-state index contributed by atoms with van der Waals surface area (Å²) in [4.78, 5) is 1.34. The lowest BCUT2D eigenvalue weighted by molar-refractivity contribution is 0.511. The summed E-state index contributed by atoms with van der Waals surface area (Å²) in [6, 6.07) is 12.7. The lowest BCUT2D eigenvalue weighted by atomic mass is 10.0. The first kappa shape index (κ1) is 17.8. The molecular formula is C18H21N3O2S2. The first-order valence-corrected chi connectivity index (χ1v) is 10.5. The zero-order valence-electron chi connectivity index (χ0n) is 14.2. The van der Waals surface area contributed by atoms with Crippen LogP contribution in [0.4, 0.5) is 0 Å². The number of aromatic nitrogens is 2. The van der Waals surface area contributed by atoms with E-state index in [0.29, 0.717) is 5.92 Å². The normalized spacial score (nSPS) is 13.2. The molecule has 0 aliphatic rings. The molecule has 0 bridgehead atoms. The third kappa shape index (κ3) is 4.18. The Morgan fingerprint density at radius 1 is 1.16 bits per heavy atom. The van der Waals surface area contributed by atoms with Gasteiger partial charge in [-0.05, 0) is 41.1 Å². The Kier molecular flexibility index (Phi) is 5.36. The van der Waals surface area contributed by atoms with Gasteiger partial charge in [0.25, 0.3) is 0 Å². The number of nitrogens with one attached hydrogen (secondary N) is 1. The van der Waals surface area contributed by atoms with Crippen LogP contribution >= 0.6 is 11.3 Å². The van der Waals surface area contributed by atoms with Crippen LogP contribution in [0.3, 0.4) is 0 Å². The summed E-state index contributed by atoms with van der Waals surface area (Å²) in [5, 5.41) is 6.24. The van der Waals surface area contributed by atoms with E-state index in [1.807, 2.05) is 41.9 Å². The Labute approximate surface area is 152 Å². The maximum Gasteiger partial charge on any atom is 0.240 e. The molecule has 5 nitrogen and oxygen atoms in total. The first-order valence-electron chi connectivity index (χ1n) is 8.09. The number of benzene rings is 1. The van der Waals surface area contributed by atoms with Crippen LogP contribution in [-0.2, 0) is 10.0 Å². The lowest BCUT2D eigenvalue weighted by Gasteiger charge is -2.17. The van der Waals surface area contributed by atoms with E-state index in [-0.39, 0.29) is 17.5 Å². The molecule has 2 heterocycles. The standard InChI is InChI=1S/C18H21N3O2S2/c1-14(2)15-6-8-16(9-7-15)25(22,23)20-13-17(18-5-3-12-24-18)21-11-4-10-19-21/h3-12,14,17,20H,13H2,1-2H3. The van der Waals surface area contributed by atoms with Crippen molar-refractivity contribution in [2.24, 2.45) is 0 Å². The van der Waals surface area contributed by atoms with E-state index < -0.39 is 10.0 Å². The lowest BCUT2D eigenvalue weighted by Crippen LogP contribution is -2.31. The molecule has 1 aromatic carbocycles. The van der Waals surface area contributed by atoms with E-state index in [4.69, 9.17) is 0 Å². The van der Waals surface area contributed by atoms with E-state index in [1.165, 1.54) is 0 Å². The summed E-state index contributed by atoms with van der Waals surface area (Å²) in [6.45, 7) is 4.41. The van der Waals surface area contributed by atoms with Crippen molar-refractivity contribution in [3.05, 3.63) is 70.7 Å². The molecule has 1 unspecified atom stereocenters. The number of nitrogens with zero attached hydrogens (tertiary/aromatic N) is 2.